The van der Waals surface area contributed by atoms with E-state index in [0.717, 1.165) is 20.9 Å². The van der Waals surface area contributed by atoms with Crippen LogP contribution in [0.4, 0.5) is 0 Å². The van der Waals surface area contributed by atoms with Crippen LogP contribution in [-0.4, -0.2) is 0 Å². The maximum atomic E-state index is 3.38. The lowest BCUT2D eigenvalue weighted by Crippen LogP contribution is -1.74. The molecule has 6 aromatic heterocycles. The van der Waals surface area contributed by atoms with Crippen LogP contribution in [0.15, 0.2) is 72.8 Å². The number of hydrogen-bond acceptors (Lipinski definition) is 6. The highest BCUT2D eigenvalue weighted by atomic mass is 32.1. The molecule has 6 heterocycles. The van der Waals surface area contributed by atoms with Gasteiger partial charge in [-0.3, -0.25) is 0 Å². The monoisotopic (exact) mass is 644 g/mol. The summed E-state index contributed by atoms with van der Waals surface area (Å²) in [5.74, 6) is 13.4. The number of fused-ring (bicyclic) bond motifs is 6. The van der Waals surface area contributed by atoms with Crippen molar-refractivity contribution in [2.75, 3.05) is 0 Å². The summed E-state index contributed by atoms with van der Waals surface area (Å²) in [6, 6.07) is 26.0. The third kappa shape index (κ3) is 5.06. The predicted octanol–water partition coefficient (Wildman–Crippen LogP) is 12.3. The van der Waals surface area contributed by atoms with Gasteiger partial charge in [-0.1, -0.05) is 59.1 Å². The van der Waals surface area contributed by atoms with E-state index in [0.29, 0.717) is 0 Å². The average Bonchev–Trinajstić information content (AvgIpc) is 3.80. The van der Waals surface area contributed by atoms with Crippen molar-refractivity contribution in [2.24, 2.45) is 0 Å². The first-order chi connectivity index (χ1) is 20.5. The molecule has 0 aliphatic carbocycles. The van der Waals surface area contributed by atoms with Crippen molar-refractivity contribution in [3.05, 3.63) is 115 Å². The molecule has 6 heteroatoms. The largest absolute Gasteiger partial charge is 0.133 e. The minimum Gasteiger partial charge on any atom is -0.133 e. The first kappa shape index (κ1) is 26.2. The Bertz CT molecular complexity index is 2250. The molecule has 0 bridgehead atoms. The number of benzene rings is 2. The third-order valence-electron chi connectivity index (χ3n) is 6.86. The van der Waals surface area contributed by atoms with Crippen LogP contribution in [0.25, 0.3) is 49.8 Å². The fourth-order valence-corrected chi connectivity index (χ4v) is 12.3. The second kappa shape index (κ2) is 10.7. The molecule has 0 aliphatic heterocycles. The lowest BCUT2D eigenvalue weighted by Gasteiger charge is -1.90. The Hall–Kier alpha value is -3.46. The van der Waals surface area contributed by atoms with Gasteiger partial charge in [-0.2, -0.15) is 0 Å². The smallest absolute Gasteiger partial charge is 0.0793 e. The van der Waals surface area contributed by atoms with E-state index in [9.17, 15) is 0 Å². The van der Waals surface area contributed by atoms with Crippen molar-refractivity contribution < 1.29 is 0 Å². The van der Waals surface area contributed by atoms with Crippen molar-refractivity contribution >= 4 is 118 Å². The Kier molecular flexibility index (Phi) is 6.65. The van der Waals surface area contributed by atoms with E-state index in [-0.39, 0.29) is 0 Å². The van der Waals surface area contributed by atoms with Crippen LogP contribution in [-0.2, 0) is 0 Å². The fraction of sp³-hybridized carbons (Fsp3) is 0.0556. The molecule has 0 N–H and O–H groups in total. The van der Waals surface area contributed by atoms with E-state index in [2.05, 4.69) is 122 Å². The Morgan fingerprint density at radius 2 is 0.810 bits per heavy atom. The number of aryl methyl sites for hydroxylation is 2. The third-order valence-corrected chi connectivity index (χ3v) is 14.2. The zero-order valence-electron chi connectivity index (χ0n) is 22.5. The SMILES string of the molecule is Cc1ccc(C#Cc2cc3sc4cc(C=Cc5cc6sc7cc(C#Cc8ccc(C)cc8)sc7c6s5)sc4c3s2)cc1. The summed E-state index contributed by atoms with van der Waals surface area (Å²) >= 11 is 11.1. The van der Waals surface area contributed by atoms with Crippen molar-refractivity contribution in [3.63, 3.8) is 0 Å². The van der Waals surface area contributed by atoms with Crippen molar-refractivity contribution in [1.82, 2.24) is 0 Å². The van der Waals surface area contributed by atoms with Gasteiger partial charge in [0.2, 0.25) is 0 Å². The molecular formula is C36H20S6. The molecular weight excluding hydrogens is 625 g/mol. The summed E-state index contributed by atoms with van der Waals surface area (Å²) in [5.41, 5.74) is 4.64. The molecule has 42 heavy (non-hydrogen) atoms. The second-order valence-electron chi connectivity index (χ2n) is 10.1. The molecule has 0 saturated heterocycles. The van der Waals surface area contributed by atoms with E-state index in [1.807, 2.05) is 68.0 Å². The molecule has 0 saturated carbocycles. The van der Waals surface area contributed by atoms with Crippen LogP contribution in [0.3, 0.4) is 0 Å². The zero-order chi connectivity index (χ0) is 28.2. The quantitative estimate of drug-likeness (QED) is 0.164. The first-order valence-electron chi connectivity index (χ1n) is 13.3. The molecule has 8 rings (SSSR count). The highest BCUT2D eigenvalue weighted by Crippen LogP contribution is 2.45. The molecule has 0 amide bonds. The number of thiophene rings is 6. The van der Waals surface area contributed by atoms with Crippen LogP contribution >= 0.6 is 68.0 Å². The zero-order valence-corrected chi connectivity index (χ0v) is 27.4. The van der Waals surface area contributed by atoms with Gasteiger partial charge < -0.3 is 0 Å². The maximum absolute atomic E-state index is 3.38. The molecule has 0 unspecified atom stereocenters. The topological polar surface area (TPSA) is 0 Å². The standard InChI is InChI=1S/C36H20S6/c1-21-3-7-23(8-4-21)11-13-25-17-29-33(37-25)35-31(41-29)19-27(39-35)15-16-28-20-32-36(40-28)34-30(42-32)18-26(38-34)14-12-24-9-5-22(2)6-10-24/h3-10,15-20H,1-2H3. The van der Waals surface area contributed by atoms with Gasteiger partial charge in [-0.05, 0) is 74.5 Å². The average molecular weight is 645 g/mol. The summed E-state index contributed by atoms with van der Waals surface area (Å²) in [5, 5.41) is 0. The van der Waals surface area contributed by atoms with Gasteiger partial charge in [0.25, 0.3) is 0 Å². The summed E-state index contributed by atoms with van der Waals surface area (Å²) in [7, 11) is 0. The molecule has 0 aliphatic rings. The van der Waals surface area contributed by atoms with Crippen LogP contribution in [0.1, 0.15) is 41.8 Å². The first-order valence-corrected chi connectivity index (χ1v) is 18.2. The fourth-order valence-electron chi connectivity index (χ4n) is 4.70. The molecule has 0 nitrogen and oxygen atoms in total. The van der Waals surface area contributed by atoms with Gasteiger partial charge in [0.05, 0.1) is 28.6 Å². The molecule has 0 fully saturated rings. The number of hydrogen-bond donors (Lipinski definition) is 0. The summed E-state index contributed by atoms with van der Waals surface area (Å²) in [4.78, 5) is 4.86. The summed E-state index contributed by atoms with van der Waals surface area (Å²) in [6.07, 6.45) is 4.54. The Morgan fingerprint density at radius 1 is 0.429 bits per heavy atom. The van der Waals surface area contributed by atoms with Gasteiger partial charge in [-0.15, -0.1) is 68.0 Å². The number of rotatable bonds is 2. The van der Waals surface area contributed by atoms with Crippen LogP contribution < -0.4 is 0 Å². The predicted molar refractivity (Wildman–Crippen MR) is 193 cm³/mol. The van der Waals surface area contributed by atoms with E-state index in [1.165, 1.54) is 58.5 Å². The molecule has 8 aromatic rings. The van der Waals surface area contributed by atoms with Crippen LogP contribution in [0, 0.1) is 37.5 Å². The molecule has 0 spiro atoms. The highest BCUT2D eigenvalue weighted by Gasteiger charge is 2.14. The Labute approximate surface area is 267 Å². The van der Waals surface area contributed by atoms with Gasteiger partial charge in [0.15, 0.2) is 0 Å². The van der Waals surface area contributed by atoms with Gasteiger partial charge >= 0.3 is 0 Å². The van der Waals surface area contributed by atoms with E-state index < -0.39 is 0 Å². The van der Waals surface area contributed by atoms with E-state index in [1.54, 1.807) is 0 Å². The lowest BCUT2D eigenvalue weighted by atomic mass is 10.1. The molecule has 0 atom stereocenters. The van der Waals surface area contributed by atoms with E-state index >= 15 is 0 Å². The van der Waals surface area contributed by atoms with Crippen LogP contribution in [0.2, 0.25) is 0 Å². The lowest BCUT2D eigenvalue weighted by molar-refractivity contribution is 1.46. The highest BCUT2D eigenvalue weighted by molar-refractivity contribution is 7.39. The Balaban J connectivity index is 1.03. The maximum Gasteiger partial charge on any atom is 0.0793 e. The summed E-state index contributed by atoms with van der Waals surface area (Å²) < 4.78 is 10.9. The van der Waals surface area contributed by atoms with Gasteiger partial charge in [0.1, 0.15) is 0 Å². The van der Waals surface area contributed by atoms with Crippen molar-refractivity contribution in [2.45, 2.75) is 13.8 Å². The van der Waals surface area contributed by atoms with Gasteiger partial charge in [-0.25, -0.2) is 0 Å². The minimum atomic E-state index is 1.06. The van der Waals surface area contributed by atoms with Crippen molar-refractivity contribution in [1.29, 1.82) is 0 Å². The normalized spacial score (nSPS) is 11.6. The minimum absolute atomic E-state index is 1.06. The van der Waals surface area contributed by atoms with Gasteiger partial charge in [0, 0.05) is 39.7 Å². The Morgan fingerprint density at radius 3 is 1.24 bits per heavy atom. The molecule has 0 radical (unpaired) electrons. The van der Waals surface area contributed by atoms with Crippen LogP contribution in [0.5, 0.6) is 0 Å². The second-order valence-corrected chi connectivity index (χ2v) is 16.5. The molecule has 200 valence electrons. The molecule has 2 aromatic carbocycles. The van der Waals surface area contributed by atoms with E-state index in [4.69, 9.17) is 0 Å². The summed E-state index contributed by atoms with van der Waals surface area (Å²) in [6.45, 7) is 4.20. The van der Waals surface area contributed by atoms with Crippen molar-refractivity contribution in [3.8, 4) is 23.7 Å².